The number of guanidine groups is 1. The first-order valence-corrected chi connectivity index (χ1v) is 9.66. The molecule has 3 aromatic rings. The van der Waals surface area contributed by atoms with Crippen LogP contribution in [0.4, 0.5) is 0 Å². The van der Waals surface area contributed by atoms with E-state index in [0.717, 1.165) is 62.0 Å². The van der Waals surface area contributed by atoms with Crippen LogP contribution in [0.3, 0.4) is 0 Å². The summed E-state index contributed by atoms with van der Waals surface area (Å²) in [5.74, 6) is 2.66. The van der Waals surface area contributed by atoms with Crippen molar-refractivity contribution in [1.29, 1.82) is 0 Å². The van der Waals surface area contributed by atoms with Gasteiger partial charge in [0, 0.05) is 32.8 Å². The summed E-state index contributed by atoms with van der Waals surface area (Å²) in [6.07, 6.45) is 6.05. The van der Waals surface area contributed by atoms with Crippen LogP contribution in [-0.2, 0) is 12.8 Å². The maximum atomic E-state index is 5.19. The van der Waals surface area contributed by atoms with E-state index in [1.807, 2.05) is 40.9 Å². The highest BCUT2D eigenvalue weighted by Crippen LogP contribution is 2.13. The van der Waals surface area contributed by atoms with E-state index in [4.69, 9.17) is 4.74 Å². The van der Waals surface area contributed by atoms with Gasteiger partial charge in [-0.25, -0.2) is 0 Å². The van der Waals surface area contributed by atoms with Gasteiger partial charge in [-0.15, -0.1) is 34.2 Å². The molecule has 0 aliphatic rings. The molecular formula is C21H29IN6O. The van der Waals surface area contributed by atoms with Crippen LogP contribution in [0.2, 0.25) is 0 Å². The second-order valence-corrected chi connectivity index (χ2v) is 6.53. The average molecular weight is 508 g/mol. The standard InChI is InChI=1S/C21H28N6O.HI/c1-22-21(23-14-5-3-7-17-9-11-18(28-2)12-10-17)24-15-13-20-26-25-19-8-4-6-16-27(19)20;/h4,6,8-12,16H,3,5,7,13-15H2,1-2H3,(H2,22,23,24);1H. The van der Waals surface area contributed by atoms with E-state index in [-0.39, 0.29) is 24.0 Å². The van der Waals surface area contributed by atoms with Gasteiger partial charge in [0.15, 0.2) is 11.6 Å². The summed E-state index contributed by atoms with van der Waals surface area (Å²) in [6, 6.07) is 14.2. The normalized spacial score (nSPS) is 11.2. The van der Waals surface area contributed by atoms with Gasteiger partial charge < -0.3 is 15.4 Å². The van der Waals surface area contributed by atoms with Gasteiger partial charge in [-0.1, -0.05) is 18.2 Å². The minimum absolute atomic E-state index is 0. The molecule has 2 N–H and O–H groups in total. The van der Waals surface area contributed by atoms with Crippen molar-refractivity contribution in [3.8, 4) is 5.75 Å². The fourth-order valence-electron chi connectivity index (χ4n) is 3.03. The number of halogens is 1. The summed E-state index contributed by atoms with van der Waals surface area (Å²) < 4.78 is 7.20. The van der Waals surface area contributed by atoms with Gasteiger partial charge in [-0.2, -0.15) is 0 Å². The molecule has 0 radical (unpaired) electrons. The number of unbranched alkanes of at least 4 members (excludes halogenated alkanes) is 1. The Hall–Kier alpha value is -2.36. The zero-order valence-electron chi connectivity index (χ0n) is 17.0. The fourth-order valence-corrected chi connectivity index (χ4v) is 3.03. The lowest BCUT2D eigenvalue weighted by molar-refractivity contribution is 0.414. The molecule has 2 heterocycles. The lowest BCUT2D eigenvalue weighted by atomic mass is 10.1. The first kappa shape index (κ1) is 22.9. The third kappa shape index (κ3) is 6.88. The number of fused-ring (bicyclic) bond motifs is 1. The van der Waals surface area contributed by atoms with Crippen LogP contribution in [0.15, 0.2) is 53.7 Å². The molecule has 0 unspecified atom stereocenters. The monoisotopic (exact) mass is 508 g/mol. The van der Waals surface area contributed by atoms with Crippen molar-refractivity contribution < 1.29 is 4.74 Å². The molecule has 0 fully saturated rings. The van der Waals surface area contributed by atoms with Crippen LogP contribution in [0.25, 0.3) is 5.65 Å². The molecule has 0 aliphatic heterocycles. The Morgan fingerprint density at radius 1 is 1.00 bits per heavy atom. The van der Waals surface area contributed by atoms with E-state index < -0.39 is 0 Å². The molecule has 0 saturated carbocycles. The number of aliphatic imine (C=N–C) groups is 1. The summed E-state index contributed by atoms with van der Waals surface area (Å²) in [7, 11) is 3.48. The van der Waals surface area contributed by atoms with E-state index in [9.17, 15) is 0 Å². The highest BCUT2D eigenvalue weighted by Gasteiger charge is 2.05. The SMILES string of the molecule is CN=C(NCCCCc1ccc(OC)cc1)NCCc1nnc2ccccn12.I. The lowest BCUT2D eigenvalue weighted by Crippen LogP contribution is -2.38. The molecule has 7 nitrogen and oxygen atoms in total. The Balaban J connectivity index is 0.00000300. The maximum absolute atomic E-state index is 5.19. The third-order valence-corrected chi connectivity index (χ3v) is 4.59. The van der Waals surface area contributed by atoms with E-state index in [2.05, 4.69) is 38.0 Å². The van der Waals surface area contributed by atoms with Crippen molar-refractivity contribution in [1.82, 2.24) is 25.2 Å². The molecule has 0 atom stereocenters. The Bertz CT molecular complexity index is 894. The highest BCUT2D eigenvalue weighted by molar-refractivity contribution is 14.0. The predicted octanol–water partition coefficient (Wildman–Crippen LogP) is 3.09. The zero-order chi connectivity index (χ0) is 19.6. The molecule has 8 heteroatoms. The van der Waals surface area contributed by atoms with E-state index >= 15 is 0 Å². The van der Waals surface area contributed by atoms with Crippen molar-refractivity contribution >= 4 is 35.6 Å². The van der Waals surface area contributed by atoms with Crippen molar-refractivity contribution in [2.24, 2.45) is 4.99 Å². The zero-order valence-corrected chi connectivity index (χ0v) is 19.3. The number of methoxy groups -OCH3 is 1. The number of aryl methyl sites for hydroxylation is 1. The first-order chi connectivity index (χ1) is 13.8. The number of nitrogens with zero attached hydrogens (tertiary/aromatic N) is 4. The molecule has 0 bridgehead atoms. The minimum atomic E-state index is 0. The second-order valence-electron chi connectivity index (χ2n) is 6.53. The summed E-state index contributed by atoms with van der Waals surface area (Å²) in [6.45, 7) is 1.64. The molecule has 0 spiro atoms. The second kappa shape index (κ2) is 12.3. The number of aromatic nitrogens is 3. The van der Waals surface area contributed by atoms with E-state index in [0.29, 0.717) is 0 Å². The molecule has 29 heavy (non-hydrogen) atoms. The molecule has 0 amide bonds. The van der Waals surface area contributed by atoms with Gasteiger partial charge in [0.2, 0.25) is 0 Å². The largest absolute Gasteiger partial charge is 0.497 e. The van der Waals surface area contributed by atoms with Crippen LogP contribution in [-0.4, -0.2) is 47.8 Å². The van der Waals surface area contributed by atoms with Gasteiger partial charge in [0.05, 0.1) is 7.11 Å². The number of hydrogen-bond acceptors (Lipinski definition) is 4. The number of hydrogen-bond donors (Lipinski definition) is 2. The fraction of sp³-hybridized carbons (Fsp3) is 0.381. The third-order valence-electron chi connectivity index (χ3n) is 4.59. The number of ether oxygens (including phenoxy) is 1. The van der Waals surface area contributed by atoms with E-state index in [1.165, 1.54) is 5.56 Å². The number of nitrogens with one attached hydrogen (secondary N) is 2. The Morgan fingerprint density at radius 2 is 1.79 bits per heavy atom. The van der Waals surface area contributed by atoms with Crippen LogP contribution in [0.1, 0.15) is 24.2 Å². The Morgan fingerprint density at radius 3 is 2.55 bits per heavy atom. The minimum Gasteiger partial charge on any atom is -0.497 e. The van der Waals surface area contributed by atoms with Crippen LogP contribution >= 0.6 is 24.0 Å². The first-order valence-electron chi connectivity index (χ1n) is 9.66. The van der Waals surface area contributed by atoms with Crippen LogP contribution < -0.4 is 15.4 Å². The van der Waals surface area contributed by atoms with E-state index in [1.54, 1.807) is 14.2 Å². The van der Waals surface area contributed by atoms with Gasteiger partial charge in [0.25, 0.3) is 0 Å². The summed E-state index contributed by atoms with van der Waals surface area (Å²) >= 11 is 0. The molecule has 2 aromatic heterocycles. The van der Waals surface area contributed by atoms with Crippen molar-refractivity contribution in [3.63, 3.8) is 0 Å². The van der Waals surface area contributed by atoms with Gasteiger partial charge in [-0.3, -0.25) is 9.39 Å². The van der Waals surface area contributed by atoms with Gasteiger partial charge >= 0.3 is 0 Å². The van der Waals surface area contributed by atoms with Crippen molar-refractivity contribution in [3.05, 3.63) is 60.0 Å². The van der Waals surface area contributed by atoms with Crippen molar-refractivity contribution in [2.45, 2.75) is 25.7 Å². The average Bonchev–Trinajstić information content (AvgIpc) is 3.16. The van der Waals surface area contributed by atoms with Crippen molar-refractivity contribution in [2.75, 3.05) is 27.2 Å². The molecule has 3 rings (SSSR count). The molecule has 1 aromatic carbocycles. The highest BCUT2D eigenvalue weighted by atomic mass is 127. The van der Waals surface area contributed by atoms with Crippen LogP contribution in [0.5, 0.6) is 5.75 Å². The Kier molecular flexibility index (Phi) is 9.69. The Labute approximate surface area is 189 Å². The molecule has 156 valence electrons. The van der Waals surface area contributed by atoms with Gasteiger partial charge in [-0.05, 0) is 49.1 Å². The quantitative estimate of drug-likeness (QED) is 0.201. The topological polar surface area (TPSA) is 75.8 Å². The van der Waals surface area contributed by atoms with Gasteiger partial charge in [0.1, 0.15) is 11.6 Å². The van der Waals surface area contributed by atoms with Crippen LogP contribution in [0, 0.1) is 0 Å². The smallest absolute Gasteiger partial charge is 0.190 e. The summed E-state index contributed by atoms with van der Waals surface area (Å²) in [5, 5.41) is 15.1. The molecule has 0 aliphatic carbocycles. The maximum Gasteiger partial charge on any atom is 0.190 e. The summed E-state index contributed by atoms with van der Waals surface area (Å²) in [4.78, 5) is 4.28. The molecular weight excluding hydrogens is 479 g/mol. The molecule has 0 saturated heterocycles. The lowest BCUT2D eigenvalue weighted by Gasteiger charge is -2.11. The number of rotatable bonds is 9. The number of pyridine rings is 1. The summed E-state index contributed by atoms with van der Waals surface area (Å²) in [5.41, 5.74) is 2.21. The predicted molar refractivity (Wildman–Crippen MR) is 127 cm³/mol. The number of benzene rings is 1.